The van der Waals surface area contributed by atoms with Gasteiger partial charge in [-0.25, -0.2) is 0 Å². The molecule has 7 heteroatoms. The molecular weight excluding hydrogens is 292 g/mol. The first-order valence-electron chi connectivity index (χ1n) is 6.56. The van der Waals surface area contributed by atoms with Gasteiger partial charge in [0, 0.05) is 18.8 Å². The van der Waals surface area contributed by atoms with E-state index in [2.05, 4.69) is 9.28 Å². The van der Waals surface area contributed by atoms with Crippen molar-refractivity contribution in [2.24, 2.45) is 0 Å². The van der Waals surface area contributed by atoms with Crippen molar-refractivity contribution in [3.8, 4) is 5.75 Å². The topological polar surface area (TPSA) is 70.4 Å². The van der Waals surface area contributed by atoms with Gasteiger partial charge in [-0.1, -0.05) is 12.1 Å². The first-order chi connectivity index (χ1) is 10.0. The van der Waals surface area contributed by atoms with Gasteiger partial charge in [-0.15, -0.1) is 0 Å². The third kappa shape index (κ3) is 5.97. The molecule has 6 nitrogen and oxygen atoms in total. The SMILES string of the molecule is CS(=O)(=O)OCCCOc1ccc(Cn2cccn2)cc1. The normalized spacial score (nSPS) is 11.5. The van der Waals surface area contributed by atoms with Crippen molar-refractivity contribution < 1.29 is 17.3 Å². The van der Waals surface area contributed by atoms with Gasteiger partial charge >= 0.3 is 0 Å². The second-order valence-electron chi connectivity index (χ2n) is 4.58. The summed E-state index contributed by atoms with van der Waals surface area (Å²) in [6, 6.07) is 9.61. The number of ether oxygens (including phenoxy) is 1. The van der Waals surface area contributed by atoms with E-state index in [4.69, 9.17) is 4.74 Å². The van der Waals surface area contributed by atoms with Crippen molar-refractivity contribution in [3.63, 3.8) is 0 Å². The van der Waals surface area contributed by atoms with Crippen LogP contribution < -0.4 is 4.74 Å². The zero-order valence-corrected chi connectivity index (χ0v) is 12.6. The lowest BCUT2D eigenvalue weighted by Gasteiger charge is -2.07. The molecule has 0 N–H and O–H groups in total. The molecule has 114 valence electrons. The van der Waals surface area contributed by atoms with E-state index in [9.17, 15) is 8.42 Å². The molecule has 0 saturated carbocycles. The molecular formula is C14H18N2O4S. The molecule has 0 saturated heterocycles. The van der Waals surface area contributed by atoms with Gasteiger partial charge in [0.15, 0.2) is 0 Å². The minimum Gasteiger partial charge on any atom is -0.494 e. The van der Waals surface area contributed by atoms with Gasteiger partial charge in [0.1, 0.15) is 5.75 Å². The minimum absolute atomic E-state index is 0.135. The highest BCUT2D eigenvalue weighted by Crippen LogP contribution is 2.13. The standard InChI is InChI=1S/C14H18N2O4S/c1-21(17,18)20-11-3-10-19-14-6-4-13(5-7-14)12-16-9-2-8-15-16/h2,4-9H,3,10-12H2,1H3. The van der Waals surface area contributed by atoms with Gasteiger partial charge in [0.25, 0.3) is 10.1 Å². The summed E-state index contributed by atoms with van der Waals surface area (Å²) in [4.78, 5) is 0. The Morgan fingerprint density at radius 3 is 2.57 bits per heavy atom. The number of hydrogen-bond acceptors (Lipinski definition) is 5. The van der Waals surface area contributed by atoms with Crippen LogP contribution in [-0.4, -0.2) is 37.7 Å². The van der Waals surface area contributed by atoms with Gasteiger partial charge in [-0.2, -0.15) is 13.5 Å². The summed E-state index contributed by atoms with van der Waals surface area (Å²) >= 11 is 0. The highest BCUT2D eigenvalue weighted by molar-refractivity contribution is 7.85. The van der Waals surface area contributed by atoms with Crippen molar-refractivity contribution >= 4 is 10.1 Å². The summed E-state index contributed by atoms with van der Waals surface area (Å²) in [5.74, 6) is 0.749. The number of aromatic nitrogens is 2. The van der Waals surface area contributed by atoms with Crippen LogP contribution in [0.1, 0.15) is 12.0 Å². The third-order valence-corrected chi connectivity index (χ3v) is 3.28. The average Bonchev–Trinajstić information content (AvgIpc) is 2.92. The highest BCUT2D eigenvalue weighted by Gasteiger charge is 2.01. The summed E-state index contributed by atoms with van der Waals surface area (Å²) in [7, 11) is -3.36. The van der Waals surface area contributed by atoms with E-state index in [1.54, 1.807) is 6.20 Å². The Kier molecular flexibility index (Phi) is 5.35. The lowest BCUT2D eigenvalue weighted by molar-refractivity contribution is 0.252. The van der Waals surface area contributed by atoms with Crippen LogP contribution in [0.25, 0.3) is 0 Å². The fourth-order valence-electron chi connectivity index (χ4n) is 1.73. The largest absolute Gasteiger partial charge is 0.494 e. The number of nitrogens with zero attached hydrogens (tertiary/aromatic N) is 2. The average molecular weight is 310 g/mol. The van der Waals surface area contributed by atoms with Crippen molar-refractivity contribution in [2.75, 3.05) is 19.5 Å². The van der Waals surface area contributed by atoms with E-state index in [-0.39, 0.29) is 6.61 Å². The Hall–Kier alpha value is -1.86. The van der Waals surface area contributed by atoms with Gasteiger partial charge in [0.2, 0.25) is 0 Å². The molecule has 1 heterocycles. The monoisotopic (exact) mass is 310 g/mol. The van der Waals surface area contributed by atoms with Gasteiger partial charge in [-0.05, 0) is 23.8 Å². The maximum atomic E-state index is 10.8. The van der Waals surface area contributed by atoms with E-state index >= 15 is 0 Å². The fraction of sp³-hybridized carbons (Fsp3) is 0.357. The summed E-state index contributed by atoms with van der Waals surface area (Å²) in [6.45, 7) is 1.26. The summed E-state index contributed by atoms with van der Waals surface area (Å²) < 4.78 is 33.5. The molecule has 1 aromatic carbocycles. The first kappa shape index (κ1) is 15.5. The predicted octanol–water partition coefficient (Wildman–Crippen LogP) is 1.68. The Labute approximate surface area is 124 Å². The summed E-state index contributed by atoms with van der Waals surface area (Å²) in [5, 5.41) is 4.15. The third-order valence-electron chi connectivity index (χ3n) is 2.68. The summed E-state index contributed by atoms with van der Waals surface area (Å²) in [5.41, 5.74) is 1.13. The van der Waals surface area contributed by atoms with Gasteiger partial charge in [-0.3, -0.25) is 8.86 Å². The molecule has 0 bridgehead atoms. The lowest BCUT2D eigenvalue weighted by atomic mass is 10.2. The predicted molar refractivity (Wildman–Crippen MR) is 78.7 cm³/mol. The van der Waals surface area contributed by atoms with Crippen LogP contribution >= 0.6 is 0 Å². The molecule has 0 aliphatic carbocycles. The number of rotatable bonds is 8. The van der Waals surface area contributed by atoms with E-state index in [0.29, 0.717) is 13.0 Å². The molecule has 0 amide bonds. The van der Waals surface area contributed by atoms with Crippen LogP contribution in [0.5, 0.6) is 5.75 Å². The van der Waals surface area contributed by atoms with E-state index < -0.39 is 10.1 Å². The maximum Gasteiger partial charge on any atom is 0.264 e. The molecule has 2 rings (SSSR count). The molecule has 0 aliphatic heterocycles. The van der Waals surface area contributed by atoms with Crippen LogP contribution in [-0.2, 0) is 20.8 Å². The zero-order valence-electron chi connectivity index (χ0n) is 11.8. The molecule has 1 aromatic heterocycles. The molecule has 0 aliphatic rings. The molecule has 0 spiro atoms. The van der Waals surface area contributed by atoms with E-state index in [0.717, 1.165) is 24.1 Å². The zero-order chi connectivity index (χ0) is 15.1. The van der Waals surface area contributed by atoms with Crippen LogP contribution in [0.4, 0.5) is 0 Å². The van der Waals surface area contributed by atoms with Crippen molar-refractivity contribution in [2.45, 2.75) is 13.0 Å². The Balaban J connectivity index is 1.72. The second-order valence-corrected chi connectivity index (χ2v) is 6.22. The van der Waals surface area contributed by atoms with Crippen LogP contribution in [0.15, 0.2) is 42.7 Å². The molecule has 0 unspecified atom stereocenters. The van der Waals surface area contributed by atoms with Crippen LogP contribution in [0.2, 0.25) is 0 Å². The molecule has 0 atom stereocenters. The van der Waals surface area contributed by atoms with E-state index in [1.165, 1.54) is 0 Å². The maximum absolute atomic E-state index is 10.8. The van der Waals surface area contributed by atoms with E-state index in [1.807, 2.05) is 41.2 Å². The Morgan fingerprint density at radius 2 is 1.95 bits per heavy atom. The molecule has 2 aromatic rings. The molecule has 21 heavy (non-hydrogen) atoms. The van der Waals surface area contributed by atoms with Crippen molar-refractivity contribution in [3.05, 3.63) is 48.3 Å². The molecule has 0 fully saturated rings. The van der Waals surface area contributed by atoms with Crippen molar-refractivity contribution in [1.29, 1.82) is 0 Å². The first-order valence-corrected chi connectivity index (χ1v) is 8.38. The quantitative estimate of drug-likeness (QED) is 0.548. The Bertz CT molecular complexity index is 636. The summed E-state index contributed by atoms with van der Waals surface area (Å²) in [6.07, 6.45) is 5.20. The van der Waals surface area contributed by atoms with Crippen molar-refractivity contribution in [1.82, 2.24) is 9.78 Å². The molecule has 0 radical (unpaired) electrons. The van der Waals surface area contributed by atoms with Crippen LogP contribution in [0.3, 0.4) is 0 Å². The number of benzene rings is 1. The van der Waals surface area contributed by atoms with Gasteiger partial charge in [0.05, 0.1) is 26.0 Å². The smallest absolute Gasteiger partial charge is 0.264 e. The lowest BCUT2D eigenvalue weighted by Crippen LogP contribution is -2.07. The minimum atomic E-state index is -3.36. The van der Waals surface area contributed by atoms with Gasteiger partial charge < -0.3 is 4.74 Å². The highest BCUT2D eigenvalue weighted by atomic mass is 32.2. The van der Waals surface area contributed by atoms with Crippen LogP contribution in [0, 0.1) is 0 Å². The number of hydrogen-bond donors (Lipinski definition) is 0. The fourth-order valence-corrected chi connectivity index (χ4v) is 2.15. The second kappa shape index (κ2) is 7.24. The Morgan fingerprint density at radius 1 is 1.19 bits per heavy atom.